The molecule has 0 N–H and O–H groups in total. The monoisotopic (exact) mass is 249 g/mol. The van der Waals surface area contributed by atoms with Gasteiger partial charge in [-0.25, -0.2) is 4.79 Å². The molecule has 1 aromatic rings. The standard InChI is InChI=1S/C14H19NO3/c1-10(14(16)18-4)15-9-12-7-5-6-8-13(12)11(2)17-3/h5-11H,1-4H3/t10-,11?/m0/s1. The van der Waals surface area contributed by atoms with Crippen molar-refractivity contribution in [2.75, 3.05) is 14.2 Å². The fourth-order valence-corrected chi connectivity index (χ4v) is 1.55. The van der Waals surface area contributed by atoms with Crippen LogP contribution in [0.1, 0.15) is 31.1 Å². The van der Waals surface area contributed by atoms with Gasteiger partial charge in [0.25, 0.3) is 0 Å². The Balaban J connectivity index is 2.90. The van der Waals surface area contributed by atoms with Crippen LogP contribution in [-0.4, -0.2) is 32.4 Å². The molecule has 0 heterocycles. The molecule has 98 valence electrons. The van der Waals surface area contributed by atoms with Gasteiger partial charge in [0.05, 0.1) is 13.2 Å². The van der Waals surface area contributed by atoms with Crippen LogP contribution in [0.2, 0.25) is 0 Å². The number of carbonyl (C=O) groups is 1. The maximum absolute atomic E-state index is 11.2. The van der Waals surface area contributed by atoms with E-state index in [9.17, 15) is 4.79 Å². The largest absolute Gasteiger partial charge is 0.467 e. The molecule has 0 saturated carbocycles. The minimum Gasteiger partial charge on any atom is -0.467 e. The highest BCUT2D eigenvalue weighted by Gasteiger charge is 2.11. The average Bonchev–Trinajstić information content (AvgIpc) is 2.43. The minimum atomic E-state index is -0.499. The number of carbonyl (C=O) groups excluding carboxylic acids is 1. The zero-order valence-corrected chi connectivity index (χ0v) is 11.2. The smallest absolute Gasteiger partial charge is 0.330 e. The number of ether oxygens (including phenoxy) is 2. The quantitative estimate of drug-likeness (QED) is 0.594. The summed E-state index contributed by atoms with van der Waals surface area (Å²) in [7, 11) is 3.02. The lowest BCUT2D eigenvalue weighted by Crippen LogP contribution is -2.16. The summed E-state index contributed by atoms with van der Waals surface area (Å²) in [6, 6.07) is 7.31. The Morgan fingerprint density at radius 2 is 1.94 bits per heavy atom. The number of rotatable bonds is 5. The van der Waals surface area contributed by atoms with Crippen LogP contribution in [0.3, 0.4) is 0 Å². The number of nitrogens with zero attached hydrogens (tertiary/aromatic N) is 1. The Kier molecular flexibility index (Phi) is 5.52. The van der Waals surface area contributed by atoms with E-state index in [-0.39, 0.29) is 12.1 Å². The molecule has 1 aromatic carbocycles. The first-order valence-corrected chi connectivity index (χ1v) is 5.82. The molecular weight excluding hydrogens is 230 g/mol. The maximum atomic E-state index is 11.2. The third-order valence-electron chi connectivity index (χ3n) is 2.77. The second-order valence-electron chi connectivity index (χ2n) is 3.98. The third-order valence-corrected chi connectivity index (χ3v) is 2.77. The van der Waals surface area contributed by atoms with E-state index in [1.54, 1.807) is 20.2 Å². The first-order valence-electron chi connectivity index (χ1n) is 5.82. The average molecular weight is 249 g/mol. The molecule has 0 aromatic heterocycles. The summed E-state index contributed by atoms with van der Waals surface area (Å²) in [4.78, 5) is 15.4. The predicted molar refractivity (Wildman–Crippen MR) is 70.9 cm³/mol. The SMILES string of the molecule is COC(=O)[C@H](C)N=Cc1ccccc1C(C)OC. The molecule has 1 rings (SSSR count). The molecule has 0 amide bonds. The Bertz CT molecular complexity index is 429. The van der Waals surface area contributed by atoms with E-state index in [2.05, 4.69) is 9.73 Å². The summed E-state index contributed by atoms with van der Waals surface area (Å²) in [5.74, 6) is -0.344. The van der Waals surface area contributed by atoms with Crippen LogP contribution in [0.4, 0.5) is 0 Å². The zero-order chi connectivity index (χ0) is 13.5. The lowest BCUT2D eigenvalue weighted by atomic mass is 10.0. The second-order valence-corrected chi connectivity index (χ2v) is 3.98. The molecule has 0 spiro atoms. The van der Waals surface area contributed by atoms with Crippen LogP contribution in [0, 0.1) is 0 Å². The molecule has 0 aliphatic heterocycles. The lowest BCUT2D eigenvalue weighted by molar-refractivity contribution is -0.141. The molecular formula is C14H19NO3. The number of aliphatic imine (C=N–C) groups is 1. The van der Waals surface area contributed by atoms with Crippen molar-refractivity contribution in [1.82, 2.24) is 0 Å². The normalized spacial score (nSPS) is 14.4. The summed E-state index contributed by atoms with van der Waals surface area (Å²) in [6.45, 7) is 3.67. The Hall–Kier alpha value is -1.68. The van der Waals surface area contributed by atoms with E-state index >= 15 is 0 Å². The van der Waals surface area contributed by atoms with E-state index < -0.39 is 6.04 Å². The van der Waals surface area contributed by atoms with Crippen molar-refractivity contribution in [3.05, 3.63) is 35.4 Å². The Labute approximate surface area is 108 Å². The third kappa shape index (κ3) is 3.67. The van der Waals surface area contributed by atoms with E-state index in [0.29, 0.717) is 0 Å². The molecule has 0 saturated heterocycles. The van der Waals surface area contributed by atoms with E-state index in [4.69, 9.17) is 4.74 Å². The van der Waals surface area contributed by atoms with Crippen molar-refractivity contribution in [3.63, 3.8) is 0 Å². The fourth-order valence-electron chi connectivity index (χ4n) is 1.55. The van der Waals surface area contributed by atoms with Gasteiger partial charge in [-0.15, -0.1) is 0 Å². The molecule has 4 nitrogen and oxygen atoms in total. The number of benzene rings is 1. The van der Waals surface area contributed by atoms with Gasteiger partial charge < -0.3 is 9.47 Å². The van der Waals surface area contributed by atoms with Crippen molar-refractivity contribution in [3.8, 4) is 0 Å². The Morgan fingerprint density at radius 3 is 2.56 bits per heavy atom. The molecule has 0 fully saturated rings. The summed E-state index contributed by atoms with van der Waals surface area (Å²) in [5, 5.41) is 0. The first-order chi connectivity index (χ1) is 8.60. The van der Waals surface area contributed by atoms with E-state index in [1.165, 1.54) is 7.11 Å². The molecule has 2 atom stereocenters. The van der Waals surface area contributed by atoms with Gasteiger partial charge >= 0.3 is 5.97 Å². The molecule has 0 aliphatic rings. The second kappa shape index (κ2) is 6.91. The van der Waals surface area contributed by atoms with Crippen LogP contribution in [0.5, 0.6) is 0 Å². The number of hydrogen-bond donors (Lipinski definition) is 0. The van der Waals surface area contributed by atoms with Gasteiger partial charge in [-0.05, 0) is 25.0 Å². The van der Waals surface area contributed by atoms with Crippen molar-refractivity contribution in [1.29, 1.82) is 0 Å². The molecule has 0 bridgehead atoms. The number of methoxy groups -OCH3 is 2. The van der Waals surface area contributed by atoms with Crippen LogP contribution in [0.15, 0.2) is 29.3 Å². The number of esters is 1. The van der Waals surface area contributed by atoms with Gasteiger partial charge in [0.1, 0.15) is 6.04 Å². The Morgan fingerprint density at radius 1 is 1.28 bits per heavy atom. The van der Waals surface area contributed by atoms with Crippen molar-refractivity contribution >= 4 is 12.2 Å². The lowest BCUT2D eigenvalue weighted by Gasteiger charge is -2.12. The van der Waals surface area contributed by atoms with Crippen LogP contribution in [0.25, 0.3) is 0 Å². The van der Waals surface area contributed by atoms with Crippen LogP contribution < -0.4 is 0 Å². The topological polar surface area (TPSA) is 47.9 Å². The highest BCUT2D eigenvalue weighted by Crippen LogP contribution is 2.19. The molecule has 0 aliphatic carbocycles. The summed E-state index contributed by atoms with van der Waals surface area (Å²) in [6.07, 6.45) is 1.67. The molecule has 0 radical (unpaired) electrons. The van der Waals surface area contributed by atoms with Gasteiger partial charge in [0.15, 0.2) is 0 Å². The van der Waals surface area contributed by atoms with Gasteiger partial charge in [-0.2, -0.15) is 0 Å². The minimum absolute atomic E-state index is 0.0129. The van der Waals surface area contributed by atoms with Crippen LogP contribution in [-0.2, 0) is 14.3 Å². The van der Waals surface area contributed by atoms with E-state index in [0.717, 1.165) is 11.1 Å². The summed E-state index contributed by atoms with van der Waals surface area (Å²) >= 11 is 0. The van der Waals surface area contributed by atoms with Gasteiger partial charge in [-0.3, -0.25) is 4.99 Å². The molecule has 18 heavy (non-hydrogen) atoms. The van der Waals surface area contributed by atoms with Crippen molar-refractivity contribution in [2.24, 2.45) is 4.99 Å². The highest BCUT2D eigenvalue weighted by atomic mass is 16.5. The maximum Gasteiger partial charge on any atom is 0.330 e. The number of hydrogen-bond acceptors (Lipinski definition) is 4. The van der Waals surface area contributed by atoms with Crippen molar-refractivity contribution in [2.45, 2.75) is 26.0 Å². The van der Waals surface area contributed by atoms with Crippen molar-refractivity contribution < 1.29 is 14.3 Å². The molecule has 4 heteroatoms. The summed E-state index contributed by atoms with van der Waals surface area (Å²) < 4.78 is 9.92. The van der Waals surface area contributed by atoms with E-state index in [1.807, 2.05) is 31.2 Å². The van der Waals surface area contributed by atoms with Crippen LogP contribution >= 0.6 is 0 Å². The summed E-state index contributed by atoms with van der Waals surface area (Å²) in [5.41, 5.74) is 1.99. The van der Waals surface area contributed by atoms with Gasteiger partial charge in [0.2, 0.25) is 0 Å². The predicted octanol–water partition coefficient (Wildman–Crippen LogP) is 2.37. The zero-order valence-electron chi connectivity index (χ0n) is 11.2. The fraction of sp³-hybridized carbons (Fsp3) is 0.429. The molecule has 1 unspecified atom stereocenters. The van der Waals surface area contributed by atoms with Gasteiger partial charge in [0, 0.05) is 13.3 Å². The first kappa shape index (κ1) is 14.4. The highest BCUT2D eigenvalue weighted by molar-refractivity contribution is 5.85. The van der Waals surface area contributed by atoms with Gasteiger partial charge in [-0.1, -0.05) is 24.3 Å².